The molecule has 0 aliphatic heterocycles. The Morgan fingerprint density at radius 1 is 0.880 bits per heavy atom. The molecule has 0 saturated heterocycles. The Balaban J connectivity index is 1.74. The fourth-order valence-electron chi connectivity index (χ4n) is 3.53. The molecule has 0 saturated carbocycles. The first kappa shape index (κ1) is 16.0. The Morgan fingerprint density at radius 2 is 1.64 bits per heavy atom. The van der Waals surface area contributed by atoms with Gasteiger partial charge in [0, 0.05) is 6.42 Å². The lowest BCUT2D eigenvalue weighted by molar-refractivity contribution is 0.521. The summed E-state index contributed by atoms with van der Waals surface area (Å²) in [6.45, 7) is 8.75. The molecule has 1 aliphatic rings. The predicted molar refractivity (Wildman–Crippen MR) is 106 cm³/mol. The largest absolute Gasteiger partial charge is 0.462 e. The molecule has 0 radical (unpaired) electrons. The molecule has 1 aromatic heterocycles. The highest BCUT2D eigenvalue weighted by molar-refractivity contribution is 5.92. The zero-order chi connectivity index (χ0) is 17.6. The predicted octanol–water partition coefficient (Wildman–Crippen LogP) is 6.65. The molecule has 4 rings (SSSR count). The molecule has 1 heteroatoms. The second kappa shape index (κ2) is 5.77. The summed E-state index contributed by atoms with van der Waals surface area (Å²) in [5.41, 5.74) is 8.10. The summed E-state index contributed by atoms with van der Waals surface area (Å²) in [4.78, 5) is 0. The lowest BCUT2D eigenvalue weighted by Crippen LogP contribution is -2.10. The van der Waals surface area contributed by atoms with Gasteiger partial charge in [0.2, 0.25) is 0 Å². The van der Waals surface area contributed by atoms with Crippen LogP contribution in [0.3, 0.4) is 0 Å². The first-order chi connectivity index (χ1) is 11.9. The molecule has 0 N–H and O–H groups in total. The Bertz CT molecular complexity index is 947. The highest BCUT2D eigenvalue weighted by Crippen LogP contribution is 2.38. The van der Waals surface area contributed by atoms with Gasteiger partial charge in [0.25, 0.3) is 0 Å². The van der Waals surface area contributed by atoms with Gasteiger partial charge < -0.3 is 4.42 Å². The van der Waals surface area contributed by atoms with E-state index < -0.39 is 0 Å². The molecule has 0 unspecified atom stereocenters. The number of furan rings is 1. The van der Waals surface area contributed by atoms with Crippen molar-refractivity contribution in [2.45, 2.75) is 39.5 Å². The van der Waals surface area contributed by atoms with Crippen LogP contribution in [0.25, 0.3) is 22.8 Å². The summed E-state index contributed by atoms with van der Waals surface area (Å²) in [5, 5.41) is 0. The van der Waals surface area contributed by atoms with Gasteiger partial charge in [-0.1, -0.05) is 63.2 Å². The molecule has 126 valence electrons. The third kappa shape index (κ3) is 2.95. The molecule has 2 aromatic carbocycles. The van der Waals surface area contributed by atoms with Crippen molar-refractivity contribution in [1.29, 1.82) is 0 Å². The molecule has 1 aliphatic carbocycles. The van der Waals surface area contributed by atoms with Crippen LogP contribution in [0, 0.1) is 6.92 Å². The third-order valence-corrected chi connectivity index (χ3v) is 5.01. The van der Waals surface area contributed by atoms with Crippen LogP contribution < -0.4 is 0 Å². The van der Waals surface area contributed by atoms with E-state index in [4.69, 9.17) is 4.42 Å². The van der Waals surface area contributed by atoms with Crippen LogP contribution in [0.15, 0.2) is 59.0 Å². The van der Waals surface area contributed by atoms with Crippen LogP contribution >= 0.6 is 0 Å². The van der Waals surface area contributed by atoms with E-state index in [1.54, 1.807) is 0 Å². The number of aryl methyl sites for hydroxylation is 1. The van der Waals surface area contributed by atoms with Crippen LogP contribution in [0.5, 0.6) is 0 Å². The summed E-state index contributed by atoms with van der Waals surface area (Å²) >= 11 is 0. The topological polar surface area (TPSA) is 13.1 Å². The van der Waals surface area contributed by atoms with Gasteiger partial charge in [-0.25, -0.2) is 0 Å². The van der Waals surface area contributed by atoms with Gasteiger partial charge in [-0.3, -0.25) is 0 Å². The van der Waals surface area contributed by atoms with Gasteiger partial charge in [-0.15, -0.1) is 0 Å². The minimum atomic E-state index is 0.182. The molecule has 0 atom stereocenters. The van der Waals surface area contributed by atoms with Crippen molar-refractivity contribution in [3.8, 4) is 11.1 Å². The van der Waals surface area contributed by atoms with Gasteiger partial charge in [-0.05, 0) is 63.9 Å². The standard InChI is InChI=1S/C24H24O/c1-16-8-13-23(25-16)19-14-18-6-5-7-21(22(18)15-19)17-9-11-20(12-10-17)24(2,3)4/h5-13,15H,14H2,1-4H3. The van der Waals surface area contributed by atoms with Crippen molar-refractivity contribution in [1.82, 2.24) is 0 Å². The van der Waals surface area contributed by atoms with Crippen LogP contribution in [0.2, 0.25) is 0 Å². The van der Waals surface area contributed by atoms with E-state index >= 15 is 0 Å². The summed E-state index contributed by atoms with van der Waals surface area (Å²) in [5.74, 6) is 1.95. The van der Waals surface area contributed by atoms with E-state index in [9.17, 15) is 0 Å². The number of rotatable bonds is 2. The number of benzene rings is 2. The molecular weight excluding hydrogens is 304 g/mol. The molecule has 1 nitrogen and oxygen atoms in total. The Kier molecular flexibility index (Phi) is 3.68. The highest BCUT2D eigenvalue weighted by Gasteiger charge is 2.20. The van der Waals surface area contributed by atoms with E-state index in [1.165, 1.54) is 33.4 Å². The minimum absolute atomic E-state index is 0.182. The van der Waals surface area contributed by atoms with E-state index in [0.29, 0.717) is 0 Å². The smallest absolute Gasteiger partial charge is 0.130 e. The Morgan fingerprint density at radius 3 is 2.28 bits per heavy atom. The van der Waals surface area contributed by atoms with Gasteiger partial charge in [0.05, 0.1) is 0 Å². The van der Waals surface area contributed by atoms with Crippen molar-refractivity contribution >= 4 is 11.6 Å². The van der Waals surface area contributed by atoms with Crippen molar-refractivity contribution < 1.29 is 4.42 Å². The van der Waals surface area contributed by atoms with E-state index in [0.717, 1.165) is 17.9 Å². The van der Waals surface area contributed by atoms with Gasteiger partial charge in [-0.2, -0.15) is 0 Å². The number of fused-ring (bicyclic) bond motifs is 1. The van der Waals surface area contributed by atoms with Crippen molar-refractivity contribution in [2.24, 2.45) is 0 Å². The van der Waals surface area contributed by atoms with E-state index in [1.807, 2.05) is 13.0 Å². The molecule has 0 spiro atoms. The zero-order valence-corrected chi connectivity index (χ0v) is 15.4. The fraction of sp³-hybridized carbons (Fsp3) is 0.250. The second-order valence-corrected chi connectivity index (χ2v) is 7.96. The minimum Gasteiger partial charge on any atom is -0.462 e. The fourth-order valence-corrected chi connectivity index (χ4v) is 3.53. The summed E-state index contributed by atoms with van der Waals surface area (Å²) in [7, 11) is 0. The molecular formula is C24H24O. The SMILES string of the molecule is Cc1ccc(C2=Cc3c(cccc3-c3ccc(C(C)(C)C)cc3)C2)o1. The van der Waals surface area contributed by atoms with Gasteiger partial charge in [0.1, 0.15) is 11.5 Å². The Hall–Kier alpha value is -2.54. The molecule has 25 heavy (non-hydrogen) atoms. The quantitative estimate of drug-likeness (QED) is 0.513. The summed E-state index contributed by atoms with van der Waals surface area (Å²) in [6, 6.07) is 19.7. The third-order valence-electron chi connectivity index (χ3n) is 5.01. The maximum atomic E-state index is 5.83. The molecule has 3 aromatic rings. The lowest BCUT2D eigenvalue weighted by atomic mass is 9.86. The second-order valence-electron chi connectivity index (χ2n) is 7.96. The first-order valence-corrected chi connectivity index (χ1v) is 8.92. The van der Waals surface area contributed by atoms with Crippen LogP contribution in [-0.2, 0) is 11.8 Å². The van der Waals surface area contributed by atoms with Crippen LogP contribution in [0.4, 0.5) is 0 Å². The van der Waals surface area contributed by atoms with Crippen molar-refractivity contribution in [3.63, 3.8) is 0 Å². The highest BCUT2D eigenvalue weighted by atomic mass is 16.3. The maximum Gasteiger partial charge on any atom is 0.130 e. The normalized spacial score (nSPS) is 13.7. The van der Waals surface area contributed by atoms with Crippen molar-refractivity contribution in [3.05, 3.63) is 82.8 Å². The van der Waals surface area contributed by atoms with Crippen LogP contribution in [0.1, 0.15) is 49.0 Å². The Labute approximate surface area is 150 Å². The lowest BCUT2D eigenvalue weighted by Gasteiger charge is -2.19. The molecule has 0 bridgehead atoms. The monoisotopic (exact) mass is 328 g/mol. The van der Waals surface area contributed by atoms with Gasteiger partial charge >= 0.3 is 0 Å². The average molecular weight is 328 g/mol. The number of hydrogen-bond acceptors (Lipinski definition) is 1. The number of hydrogen-bond donors (Lipinski definition) is 0. The average Bonchev–Trinajstić information content (AvgIpc) is 3.19. The van der Waals surface area contributed by atoms with Crippen LogP contribution in [-0.4, -0.2) is 0 Å². The summed E-state index contributed by atoms with van der Waals surface area (Å²) in [6.07, 6.45) is 3.23. The van der Waals surface area contributed by atoms with Gasteiger partial charge in [0.15, 0.2) is 0 Å². The molecule has 0 amide bonds. The van der Waals surface area contributed by atoms with Crippen molar-refractivity contribution in [2.75, 3.05) is 0 Å². The maximum absolute atomic E-state index is 5.83. The number of allylic oxidation sites excluding steroid dienone is 1. The first-order valence-electron chi connectivity index (χ1n) is 8.92. The molecule has 1 heterocycles. The van der Waals surface area contributed by atoms with E-state index in [-0.39, 0.29) is 5.41 Å². The molecule has 0 fully saturated rings. The summed E-state index contributed by atoms with van der Waals surface area (Å²) < 4.78 is 5.83. The zero-order valence-electron chi connectivity index (χ0n) is 15.4. The van der Waals surface area contributed by atoms with E-state index in [2.05, 4.69) is 75.4 Å².